The van der Waals surface area contributed by atoms with Gasteiger partial charge in [-0.1, -0.05) is 0 Å². The number of hydroxylamine groups is 2. The van der Waals surface area contributed by atoms with Gasteiger partial charge < -0.3 is 14.9 Å². The third-order valence-electron chi connectivity index (χ3n) is 3.72. The highest BCUT2D eigenvalue weighted by Crippen LogP contribution is 2.36. The van der Waals surface area contributed by atoms with E-state index in [1.807, 2.05) is 27.7 Å². The Kier molecular flexibility index (Phi) is 3.45. The number of hydrogen-bond donors (Lipinski definition) is 2. The molecule has 1 aromatic heterocycles. The largest absolute Gasteiger partial charge is 0.459 e. The van der Waals surface area contributed by atoms with E-state index in [4.69, 9.17) is 4.42 Å². The molecule has 106 valence electrons. The Bertz CT molecular complexity index is 433. The number of carbonyl (C=O) groups excluding carboxylic acids is 1. The highest BCUT2D eigenvalue weighted by molar-refractivity contribution is 5.91. The Morgan fingerprint density at radius 2 is 1.95 bits per heavy atom. The summed E-state index contributed by atoms with van der Waals surface area (Å²) in [4.78, 5) is 12.0. The van der Waals surface area contributed by atoms with Gasteiger partial charge in [0.15, 0.2) is 5.76 Å². The van der Waals surface area contributed by atoms with Gasteiger partial charge in [-0.3, -0.25) is 4.79 Å². The van der Waals surface area contributed by atoms with Crippen LogP contribution in [0.4, 0.5) is 0 Å². The Hall–Kier alpha value is -1.33. The van der Waals surface area contributed by atoms with Gasteiger partial charge in [0.2, 0.25) is 0 Å². The van der Waals surface area contributed by atoms with E-state index in [0.717, 1.165) is 0 Å². The molecule has 1 aliphatic heterocycles. The summed E-state index contributed by atoms with van der Waals surface area (Å²) in [5.41, 5.74) is -0.744. The Morgan fingerprint density at radius 3 is 2.42 bits per heavy atom. The average Bonchev–Trinajstić information content (AvgIpc) is 2.78. The van der Waals surface area contributed by atoms with Gasteiger partial charge in [-0.2, -0.15) is 5.06 Å². The topological polar surface area (TPSA) is 65.7 Å². The van der Waals surface area contributed by atoms with Crippen molar-refractivity contribution < 1.29 is 14.4 Å². The molecule has 1 amide bonds. The van der Waals surface area contributed by atoms with Crippen molar-refractivity contribution in [2.75, 3.05) is 0 Å². The molecule has 0 unspecified atom stereocenters. The molecule has 5 nitrogen and oxygen atoms in total. The van der Waals surface area contributed by atoms with Crippen LogP contribution in [0.15, 0.2) is 22.8 Å². The second-order valence-electron chi connectivity index (χ2n) is 6.49. The Balaban J connectivity index is 2.08. The lowest BCUT2D eigenvalue weighted by Gasteiger charge is -2.51. The molecule has 19 heavy (non-hydrogen) atoms. The summed E-state index contributed by atoms with van der Waals surface area (Å²) >= 11 is 0. The fourth-order valence-electron chi connectivity index (χ4n) is 3.04. The first kappa shape index (κ1) is 14.1. The second-order valence-corrected chi connectivity index (χ2v) is 6.49. The van der Waals surface area contributed by atoms with Crippen molar-refractivity contribution in [1.29, 1.82) is 0 Å². The van der Waals surface area contributed by atoms with Crippen molar-refractivity contribution in [1.82, 2.24) is 10.4 Å². The molecule has 0 radical (unpaired) electrons. The van der Waals surface area contributed by atoms with E-state index in [0.29, 0.717) is 18.6 Å². The van der Waals surface area contributed by atoms with Crippen LogP contribution in [-0.2, 0) is 0 Å². The minimum Gasteiger partial charge on any atom is -0.459 e. The summed E-state index contributed by atoms with van der Waals surface area (Å²) in [5, 5.41) is 14.6. The lowest BCUT2D eigenvalue weighted by atomic mass is 9.79. The molecular formula is C14H22N2O3. The van der Waals surface area contributed by atoms with Gasteiger partial charge in [0.25, 0.3) is 5.91 Å². The molecule has 0 spiro atoms. The van der Waals surface area contributed by atoms with E-state index < -0.39 is 0 Å². The summed E-state index contributed by atoms with van der Waals surface area (Å²) < 4.78 is 5.09. The smallest absolute Gasteiger partial charge is 0.287 e. The van der Waals surface area contributed by atoms with E-state index in [2.05, 4.69) is 5.32 Å². The molecule has 2 rings (SSSR count). The molecule has 0 aromatic carbocycles. The third kappa shape index (κ3) is 2.82. The van der Waals surface area contributed by atoms with Crippen LogP contribution in [0.5, 0.6) is 0 Å². The van der Waals surface area contributed by atoms with E-state index in [-0.39, 0.29) is 23.0 Å². The average molecular weight is 266 g/mol. The quantitative estimate of drug-likeness (QED) is 0.862. The molecule has 1 fully saturated rings. The van der Waals surface area contributed by atoms with Crippen molar-refractivity contribution in [2.24, 2.45) is 0 Å². The van der Waals surface area contributed by atoms with Crippen LogP contribution in [0.25, 0.3) is 0 Å². The van der Waals surface area contributed by atoms with Gasteiger partial charge in [-0.25, -0.2) is 0 Å². The standard InChI is InChI=1S/C14H22N2O3/c1-13(2)8-10(9-14(3,4)16(13)18)15-12(17)11-6-5-7-19-11/h5-7,10,18H,8-9H2,1-4H3,(H,15,17). The van der Waals surface area contributed by atoms with E-state index >= 15 is 0 Å². The lowest BCUT2D eigenvalue weighted by molar-refractivity contribution is -0.245. The number of nitrogens with zero attached hydrogens (tertiary/aromatic N) is 1. The van der Waals surface area contributed by atoms with Crippen LogP contribution < -0.4 is 5.32 Å². The van der Waals surface area contributed by atoms with Crippen LogP contribution in [0.2, 0.25) is 0 Å². The van der Waals surface area contributed by atoms with Crippen molar-refractivity contribution in [2.45, 2.75) is 57.7 Å². The molecule has 1 aromatic rings. The predicted molar refractivity (Wildman–Crippen MR) is 71.0 cm³/mol. The highest BCUT2D eigenvalue weighted by Gasteiger charge is 2.45. The maximum absolute atomic E-state index is 12.0. The molecule has 1 saturated heterocycles. The van der Waals surface area contributed by atoms with Gasteiger partial charge in [0, 0.05) is 17.1 Å². The molecular weight excluding hydrogens is 244 g/mol. The van der Waals surface area contributed by atoms with Crippen molar-refractivity contribution in [3.05, 3.63) is 24.2 Å². The van der Waals surface area contributed by atoms with Gasteiger partial charge in [0.05, 0.1) is 6.26 Å². The van der Waals surface area contributed by atoms with Crippen LogP contribution in [0.3, 0.4) is 0 Å². The summed E-state index contributed by atoms with van der Waals surface area (Å²) in [5.74, 6) is 0.120. The van der Waals surface area contributed by atoms with Crippen molar-refractivity contribution >= 4 is 5.91 Å². The number of amides is 1. The van der Waals surface area contributed by atoms with Crippen molar-refractivity contribution in [3.63, 3.8) is 0 Å². The summed E-state index contributed by atoms with van der Waals surface area (Å²) in [6, 6.07) is 3.36. The number of rotatable bonds is 2. The fourth-order valence-corrected chi connectivity index (χ4v) is 3.04. The maximum Gasteiger partial charge on any atom is 0.287 e. The van der Waals surface area contributed by atoms with Gasteiger partial charge >= 0.3 is 0 Å². The van der Waals surface area contributed by atoms with Crippen LogP contribution in [0, 0.1) is 0 Å². The first-order chi connectivity index (χ1) is 8.72. The molecule has 1 aliphatic rings. The predicted octanol–water partition coefficient (Wildman–Crippen LogP) is 2.42. The zero-order chi connectivity index (χ0) is 14.3. The van der Waals surface area contributed by atoms with E-state index in [1.165, 1.54) is 11.3 Å². The molecule has 2 N–H and O–H groups in total. The minimum absolute atomic E-state index is 0.0194. The summed E-state index contributed by atoms with van der Waals surface area (Å²) in [6.45, 7) is 7.89. The third-order valence-corrected chi connectivity index (χ3v) is 3.72. The minimum atomic E-state index is -0.372. The van der Waals surface area contributed by atoms with Gasteiger partial charge in [-0.15, -0.1) is 0 Å². The monoisotopic (exact) mass is 266 g/mol. The molecule has 5 heteroatoms. The summed E-state index contributed by atoms with van der Waals surface area (Å²) in [6.07, 6.45) is 2.87. The van der Waals surface area contributed by atoms with E-state index in [1.54, 1.807) is 12.1 Å². The van der Waals surface area contributed by atoms with Gasteiger partial charge in [-0.05, 0) is 52.7 Å². The zero-order valence-corrected chi connectivity index (χ0v) is 11.9. The van der Waals surface area contributed by atoms with Gasteiger partial charge in [0.1, 0.15) is 0 Å². The Labute approximate surface area is 113 Å². The van der Waals surface area contributed by atoms with Crippen LogP contribution >= 0.6 is 0 Å². The molecule has 0 aliphatic carbocycles. The number of hydrogen-bond acceptors (Lipinski definition) is 4. The van der Waals surface area contributed by atoms with E-state index in [9.17, 15) is 10.0 Å². The van der Waals surface area contributed by atoms with Crippen LogP contribution in [0.1, 0.15) is 51.1 Å². The summed E-state index contributed by atoms with van der Waals surface area (Å²) in [7, 11) is 0. The SMILES string of the molecule is CC1(C)CC(NC(=O)c2ccco2)CC(C)(C)N1O. The molecule has 0 bridgehead atoms. The zero-order valence-electron chi connectivity index (χ0n) is 11.9. The normalized spacial score (nSPS) is 23.2. The number of nitrogens with one attached hydrogen (secondary N) is 1. The van der Waals surface area contributed by atoms with Crippen LogP contribution in [-0.4, -0.2) is 33.3 Å². The molecule has 0 atom stereocenters. The first-order valence-electron chi connectivity index (χ1n) is 6.56. The second kappa shape index (κ2) is 4.65. The first-order valence-corrected chi connectivity index (χ1v) is 6.56. The molecule has 0 saturated carbocycles. The fraction of sp³-hybridized carbons (Fsp3) is 0.643. The highest BCUT2D eigenvalue weighted by atomic mass is 16.5. The maximum atomic E-state index is 12.0. The molecule has 2 heterocycles. The lowest BCUT2D eigenvalue weighted by Crippen LogP contribution is -2.62. The number of carbonyl (C=O) groups is 1. The number of piperidine rings is 1. The van der Waals surface area contributed by atoms with Crippen molar-refractivity contribution in [3.8, 4) is 0 Å². The Morgan fingerprint density at radius 1 is 1.37 bits per heavy atom. The number of furan rings is 1.